The molecule has 8 heteroatoms. The van der Waals surface area contributed by atoms with Crippen molar-refractivity contribution in [1.82, 2.24) is 10.2 Å². The summed E-state index contributed by atoms with van der Waals surface area (Å²) in [6.45, 7) is 1.70. The van der Waals surface area contributed by atoms with Crippen molar-refractivity contribution in [2.45, 2.75) is 17.4 Å². The largest absolute Gasteiger partial charge is 0.411 e. The van der Waals surface area contributed by atoms with E-state index in [1.54, 1.807) is 6.92 Å². The van der Waals surface area contributed by atoms with E-state index in [0.29, 0.717) is 11.6 Å². The number of nitrogens with one attached hydrogen (secondary N) is 1. The zero-order valence-electron chi connectivity index (χ0n) is 13.1. The van der Waals surface area contributed by atoms with Gasteiger partial charge in [0, 0.05) is 5.56 Å². The van der Waals surface area contributed by atoms with Crippen LogP contribution in [-0.2, 0) is 4.79 Å². The van der Waals surface area contributed by atoms with Gasteiger partial charge in [-0.2, -0.15) is 0 Å². The van der Waals surface area contributed by atoms with Crippen molar-refractivity contribution in [3.8, 4) is 11.5 Å². The van der Waals surface area contributed by atoms with E-state index >= 15 is 0 Å². The highest BCUT2D eigenvalue weighted by molar-refractivity contribution is 8.00. The van der Waals surface area contributed by atoms with Gasteiger partial charge in [-0.05, 0) is 37.3 Å². The summed E-state index contributed by atoms with van der Waals surface area (Å²) in [6, 6.07) is 13.1. The summed E-state index contributed by atoms with van der Waals surface area (Å²) >= 11 is 7.03. The van der Waals surface area contributed by atoms with Gasteiger partial charge in [-0.3, -0.25) is 4.79 Å². The molecule has 25 heavy (non-hydrogen) atoms. The number of hydrogen-bond acceptors (Lipinski definition) is 5. The lowest BCUT2D eigenvalue weighted by atomic mass is 10.2. The minimum Gasteiger partial charge on any atom is -0.411 e. The van der Waals surface area contributed by atoms with Gasteiger partial charge in [0.05, 0.1) is 16.0 Å². The third-order valence-electron chi connectivity index (χ3n) is 3.26. The van der Waals surface area contributed by atoms with E-state index in [9.17, 15) is 9.18 Å². The first-order valence-corrected chi connectivity index (χ1v) is 8.60. The molecule has 0 unspecified atom stereocenters. The number of carbonyl (C=O) groups is 1. The Hall–Kier alpha value is -2.38. The summed E-state index contributed by atoms with van der Waals surface area (Å²) in [5.41, 5.74) is 1.15. The highest BCUT2D eigenvalue weighted by atomic mass is 35.5. The molecule has 1 amide bonds. The van der Waals surface area contributed by atoms with Crippen LogP contribution >= 0.6 is 23.4 Å². The van der Waals surface area contributed by atoms with Crippen LogP contribution in [0.5, 0.6) is 0 Å². The molecule has 1 heterocycles. The summed E-state index contributed by atoms with van der Waals surface area (Å²) < 4.78 is 18.6. The van der Waals surface area contributed by atoms with Gasteiger partial charge in [-0.15, -0.1) is 10.2 Å². The van der Waals surface area contributed by atoms with E-state index in [4.69, 9.17) is 16.0 Å². The molecular weight excluding hydrogens is 365 g/mol. The van der Waals surface area contributed by atoms with E-state index in [1.165, 1.54) is 12.1 Å². The number of thioether (sulfide) groups is 1. The number of anilines is 1. The second-order valence-corrected chi connectivity index (χ2v) is 6.81. The second kappa shape index (κ2) is 7.67. The number of benzene rings is 2. The van der Waals surface area contributed by atoms with Crippen LogP contribution in [-0.4, -0.2) is 21.4 Å². The zero-order valence-corrected chi connectivity index (χ0v) is 14.6. The Kier molecular flexibility index (Phi) is 5.35. The van der Waals surface area contributed by atoms with Crippen LogP contribution in [0.1, 0.15) is 6.92 Å². The first-order chi connectivity index (χ1) is 12.0. The molecule has 128 valence electrons. The molecule has 0 aliphatic carbocycles. The Morgan fingerprint density at radius 3 is 2.72 bits per heavy atom. The molecule has 0 spiro atoms. The smallest absolute Gasteiger partial charge is 0.277 e. The van der Waals surface area contributed by atoms with Crippen molar-refractivity contribution in [3.63, 3.8) is 0 Å². The fourth-order valence-electron chi connectivity index (χ4n) is 1.98. The fraction of sp³-hybridized carbons (Fsp3) is 0.118. The maximum Gasteiger partial charge on any atom is 0.277 e. The lowest BCUT2D eigenvalue weighted by Gasteiger charge is -2.11. The molecule has 0 bridgehead atoms. The first kappa shape index (κ1) is 17.4. The predicted octanol–water partition coefficient (Wildman–Crippen LogP) is 4.65. The number of nitrogens with zero attached hydrogens (tertiary/aromatic N) is 2. The maximum atomic E-state index is 13.0. The first-order valence-electron chi connectivity index (χ1n) is 7.34. The highest BCUT2D eigenvalue weighted by Crippen LogP contribution is 2.28. The van der Waals surface area contributed by atoms with E-state index in [1.807, 2.05) is 30.3 Å². The fourth-order valence-corrected chi connectivity index (χ4v) is 2.88. The molecule has 0 fully saturated rings. The molecule has 2 aromatic carbocycles. The lowest BCUT2D eigenvalue weighted by molar-refractivity contribution is -0.115. The van der Waals surface area contributed by atoms with Crippen LogP contribution in [0, 0.1) is 5.82 Å². The third kappa shape index (κ3) is 4.37. The zero-order chi connectivity index (χ0) is 17.8. The summed E-state index contributed by atoms with van der Waals surface area (Å²) in [4.78, 5) is 12.3. The van der Waals surface area contributed by atoms with Crippen LogP contribution in [0.25, 0.3) is 11.5 Å². The van der Waals surface area contributed by atoms with Gasteiger partial charge >= 0.3 is 0 Å². The Morgan fingerprint density at radius 1 is 1.24 bits per heavy atom. The van der Waals surface area contributed by atoms with Gasteiger partial charge in [0.1, 0.15) is 5.82 Å². The lowest BCUT2D eigenvalue weighted by Crippen LogP contribution is -2.22. The molecule has 1 aromatic heterocycles. The summed E-state index contributed by atoms with van der Waals surface area (Å²) in [6.07, 6.45) is 0. The quantitative estimate of drug-likeness (QED) is 0.655. The van der Waals surface area contributed by atoms with Crippen LogP contribution in [0.15, 0.2) is 58.2 Å². The Labute approximate surface area is 152 Å². The summed E-state index contributed by atoms with van der Waals surface area (Å²) in [5.74, 6) is -0.389. The number of hydrogen-bond donors (Lipinski definition) is 1. The number of aromatic nitrogens is 2. The molecule has 3 aromatic rings. The molecule has 1 N–H and O–H groups in total. The third-order valence-corrected chi connectivity index (χ3v) is 4.51. The van der Waals surface area contributed by atoms with Crippen LogP contribution in [0.3, 0.4) is 0 Å². The molecular formula is C17H13ClFN3O2S. The van der Waals surface area contributed by atoms with E-state index in [2.05, 4.69) is 15.5 Å². The molecule has 0 radical (unpaired) electrons. The Bertz CT molecular complexity index is 889. The number of carbonyl (C=O) groups excluding carboxylic acids is 1. The minimum atomic E-state index is -0.509. The van der Waals surface area contributed by atoms with E-state index in [0.717, 1.165) is 23.4 Å². The molecule has 0 saturated carbocycles. The standard InChI is InChI=1S/C17H13ClFN3O2S/c1-10(15(23)20-14-8-7-12(19)9-13(14)18)25-17-22-21-16(24-17)11-5-3-2-4-6-11/h2-10H,1H3,(H,20,23)/t10-/m0/s1. The van der Waals surface area contributed by atoms with Crippen LogP contribution in [0.4, 0.5) is 10.1 Å². The van der Waals surface area contributed by atoms with Crippen molar-refractivity contribution in [2.75, 3.05) is 5.32 Å². The van der Waals surface area contributed by atoms with Gasteiger partial charge in [0.25, 0.3) is 5.22 Å². The van der Waals surface area contributed by atoms with Gasteiger partial charge in [0.15, 0.2) is 0 Å². The van der Waals surface area contributed by atoms with E-state index < -0.39 is 11.1 Å². The average molecular weight is 378 g/mol. The van der Waals surface area contributed by atoms with Crippen molar-refractivity contribution >= 4 is 35.0 Å². The monoisotopic (exact) mass is 377 g/mol. The normalized spacial score (nSPS) is 12.0. The second-order valence-electron chi connectivity index (χ2n) is 5.11. The van der Waals surface area contributed by atoms with Crippen molar-refractivity contribution in [3.05, 3.63) is 59.4 Å². The van der Waals surface area contributed by atoms with Gasteiger partial charge in [0.2, 0.25) is 11.8 Å². The predicted molar refractivity (Wildman–Crippen MR) is 95.1 cm³/mol. The molecule has 0 aliphatic heterocycles. The number of halogens is 2. The van der Waals surface area contributed by atoms with E-state index in [-0.39, 0.29) is 16.2 Å². The summed E-state index contributed by atoms with van der Waals surface area (Å²) in [5, 5.41) is 10.5. The van der Waals surface area contributed by atoms with Gasteiger partial charge in [-0.25, -0.2) is 4.39 Å². The molecule has 3 rings (SSSR count). The Morgan fingerprint density at radius 2 is 2.00 bits per heavy atom. The Balaban J connectivity index is 1.65. The van der Waals surface area contributed by atoms with Crippen LogP contribution < -0.4 is 5.32 Å². The maximum absolute atomic E-state index is 13.0. The average Bonchev–Trinajstić information content (AvgIpc) is 3.06. The topological polar surface area (TPSA) is 68.0 Å². The number of rotatable bonds is 5. The van der Waals surface area contributed by atoms with Crippen LogP contribution in [0.2, 0.25) is 5.02 Å². The summed E-state index contributed by atoms with van der Waals surface area (Å²) in [7, 11) is 0. The van der Waals surface area contributed by atoms with Gasteiger partial charge < -0.3 is 9.73 Å². The molecule has 1 atom stereocenters. The highest BCUT2D eigenvalue weighted by Gasteiger charge is 2.19. The number of amides is 1. The molecule has 5 nitrogen and oxygen atoms in total. The van der Waals surface area contributed by atoms with Crippen molar-refractivity contribution < 1.29 is 13.6 Å². The van der Waals surface area contributed by atoms with Gasteiger partial charge in [-0.1, -0.05) is 41.6 Å². The molecule has 0 aliphatic rings. The van der Waals surface area contributed by atoms with Crippen molar-refractivity contribution in [1.29, 1.82) is 0 Å². The van der Waals surface area contributed by atoms with Crippen molar-refractivity contribution in [2.24, 2.45) is 0 Å². The minimum absolute atomic E-state index is 0.134. The molecule has 0 saturated heterocycles. The SMILES string of the molecule is C[C@H](Sc1nnc(-c2ccccc2)o1)C(=O)Nc1ccc(F)cc1Cl.